The minimum absolute atomic E-state index is 0.0344. The number of ether oxygens (including phenoxy) is 8. The van der Waals surface area contributed by atoms with Gasteiger partial charge in [-0.05, 0) is 43.9 Å². The van der Waals surface area contributed by atoms with Crippen molar-refractivity contribution in [3.63, 3.8) is 0 Å². The second-order valence-electron chi connectivity index (χ2n) is 12.1. The largest absolute Gasteiger partial charge is 0.504 e. The molecule has 13 heteroatoms. The van der Waals surface area contributed by atoms with Crippen molar-refractivity contribution in [2.75, 3.05) is 99.0 Å². The maximum atomic E-state index is 12.4. The van der Waals surface area contributed by atoms with Crippen molar-refractivity contribution < 1.29 is 58.0 Å². The van der Waals surface area contributed by atoms with E-state index in [9.17, 15) is 15.0 Å². The number of carbonyl (C=O) groups is 1. The first kappa shape index (κ1) is 35.0. The molecule has 3 N–H and O–H groups in total. The van der Waals surface area contributed by atoms with Gasteiger partial charge >= 0.3 is 5.97 Å². The zero-order valence-electron chi connectivity index (χ0n) is 26.6. The van der Waals surface area contributed by atoms with Gasteiger partial charge < -0.3 is 53.2 Å². The Hall–Kier alpha value is -2.33. The van der Waals surface area contributed by atoms with E-state index in [1.165, 1.54) is 0 Å². The van der Waals surface area contributed by atoms with Gasteiger partial charge in [0.25, 0.3) is 0 Å². The van der Waals surface area contributed by atoms with Crippen molar-refractivity contribution in [3.05, 3.63) is 35.9 Å². The van der Waals surface area contributed by atoms with E-state index in [0.717, 1.165) is 37.1 Å². The fourth-order valence-corrected chi connectivity index (χ4v) is 7.66. The highest BCUT2D eigenvalue weighted by Gasteiger charge is 2.73. The molecule has 5 rings (SSSR count). The van der Waals surface area contributed by atoms with Gasteiger partial charge in [-0.3, -0.25) is 4.90 Å². The number of nitrogens with zero attached hydrogens (tertiary/aromatic N) is 1. The molecule has 1 saturated carbocycles. The van der Waals surface area contributed by atoms with Crippen molar-refractivity contribution in [1.29, 1.82) is 0 Å². The molecule has 1 aromatic carbocycles. The lowest BCUT2D eigenvalue weighted by Gasteiger charge is -2.64. The molecule has 2 fully saturated rings. The van der Waals surface area contributed by atoms with E-state index in [1.54, 1.807) is 6.07 Å². The lowest BCUT2D eigenvalue weighted by Crippen LogP contribution is -2.77. The Bertz CT molecular complexity index is 1150. The summed E-state index contributed by atoms with van der Waals surface area (Å²) < 4.78 is 45.2. The van der Waals surface area contributed by atoms with E-state index in [-0.39, 0.29) is 37.2 Å². The summed E-state index contributed by atoms with van der Waals surface area (Å²) in [5, 5.41) is 31.6. The first-order valence-electron chi connectivity index (χ1n) is 16.3. The van der Waals surface area contributed by atoms with E-state index in [2.05, 4.69) is 11.5 Å². The fourth-order valence-electron chi connectivity index (χ4n) is 7.66. The number of phenols is 1. The van der Waals surface area contributed by atoms with Gasteiger partial charge in [0.15, 0.2) is 11.5 Å². The van der Waals surface area contributed by atoms with Crippen LogP contribution in [0.4, 0.5) is 0 Å². The maximum Gasteiger partial charge on any atom is 0.329 e. The van der Waals surface area contributed by atoms with Crippen LogP contribution >= 0.6 is 0 Å². The van der Waals surface area contributed by atoms with Gasteiger partial charge in [-0.15, -0.1) is 6.58 Å². The molecule has 4 aliphatic rings. The molecule has 2 heterocycles. The Morgan fingerprint density at radius 2 is 1.50 bits per heavy atom. The third kappa shape index (κ3) is 7.53. The Labute approximate surface area is 270 Å². The average molecular weight is 652 g/mol. The summed E-state index contributed by atoms with van der Waals surface area (Å²) in [4.78, 5) is 12.7. The SMILES string of the molecule is C=CCN1CC[C@]23c4c5ccc(O)c4O[C@H]2[C@@H](OCCOCCOCCOCCOCCOCCOCC(=O)O)CC[C@@]3(O)[C@H]1C5. The zero-order valence-corrected chi connectivity index (χ0v) is 26.6. The molecule has 2 aliphatic heterocycles. The van der Waals surface area contributed by atoms with Crippen molar-refractivity contribution in [2.24, 2.45) is 0 Å². The van der Waals surface area contributed by atoms with Crippen LogP contribution in [0.1, 0.15) is 30.4 Å². The standard InChI is InChI=1S/C33H49NO12/c1-2-8-34-9-7-32-29-24-3-4-25(35)30(29)46-31(32)26(5-6-33(32,38)27(34)22-24)45-21-20-43-17-16-41-13-12-39-10-11-40-14-15-42-18-19-44-23-28(36)37/h2-4,26-27,31,35,38H,1,5-23H2,(H,36,37)/t26-,27+,31-,32-,33+/m0/s1. The highest BCUT2D eigenvalue weighted by molar-refractivity contribution is 5.68. The molecule has 2 bridgehead atoms. The van der Waals surface area contributed by atoms with E-state index >= 15 is 0 Å². The minimum Gasteiger partial charge on any atom is -0.504 e. The molecule has 5 atom stereocenters. The zero-order chi connectivity index (χ0) is 32.4. The number of hydrogen-bond acceptors (Lipinski definition) is 12. The van der Waals surface area contributed by atoms with Gasteiger partial charge in [0, 0.05) is 18.2 Å². The molecule has 258 valence electrons. The number of aromatic hydroxyl groups is 1. The van der Waals surface area contributed by atoms with Crippen molar-refractivity contribution >= 4 is 5.97 Å². The second kappa shape index (κ2) is 16.7. The van der Waals surface area contributed by atoms with E-state index < -0.39 is 17.0 Å². The predicted molar refractivity (Wildman–Crippen MR) is 165 cm³/mol. The number of carboxylic acid groups (broad SMARTS) is 1. The molecule has 13 nitrogen and oxygen atoms in total. The molecule has 1 saturated heterocycles. The summed E-state index contributed by atoms with van der Waals surface area (Å²) >= 11 is 0. The molecule has 0 amide bonds. The minimum atomic E-state index is -1.00. The molecule has 0 aromatic heterocycles. The summed E-state index contributed by atoms with van der Waals surface area (Å²) in [6, 6.07) is 3.66. The van der Waals surface area contributed by atoms with Gasteiger partial charge in [0.1, 0.15) is 12.7 Å². The topological polar surface area (TPSA) is 155 Å². The number of phenolic OH excluding ortho intramolecular Hbond substituents is 1. The molecular weight excluding hydrogens is 602 g/mol. The number of aliphatic hydroxyl groups is 1. The molecule has 2 aliphatic carbocycles. The van der Waals surface area contributed by atoms with Crippen LogP contribution in [0.15, 0.2) is 24.8 Å². The number of rotatable bonds is 23. The number of aliphatic carboxylic acids is 1. The van der Waals surface area contributed by atoms with Crippen molar-refractivity contribution in [2.45, 2.75) is 54.9 Å². The van der Waals surface area contributed by atoms with E-state index in [4.69, 9.17) is 43.0 Å². The van der Waals surface area contributed by atoms with E-state index in [1.807, 2.05) is 12.1 Å². The van der Waals surface area contributed by atoms with Gasteiger partial charge in [-0.25, -0.2) is 4.79 Å². The molecule has 1 spiro atoms. The highest BCUT2D eigenvalue weighted by Crippen LogP contribution is 2.65. The number of carboxylic acids is 1. The number of benzene rings is 1. The van der Waals surface area contributed by atoms with Crippen LogP contribution in [0.3, 0.4) is 0 Å². The van der Waals surface area contributed by atoms with Gasteiger partial charge in [-0.1, -0.05) is 12.1 Å². The maximum absolute atomic E-state index is 12.4. The Morgan fingerprint density at radius 1 is 0.913 bits per heavy atom. The Balaban J connectivity index is 0.934. The van der Waals surface area contributed by atoms with Gasteiger partial charge in [-0.2, -0.15) is 0 Å². The van der Waals surface area contributed by atoms with Gasteiger partial charge in [0.05, 0.1) is 96.4 Å². The number of piperidine rings is 1. The third-order valence-electron chi connectivity index (χ3n) is 9.53. The molecule has 1 aromatic rings. The van der Waals surface area contributed by atoms with Crippen molar-refractivity contribution in [1.82, 2.24) is 4.90 Å². The van der Waals surface area contributed by atoms with Gasteiger partial charge in [0.2, 0.25) is 0 Å². The summed E-state index contributed by atoms with van der Waals surface area (Å²) in [7, 11) is 0. The lowest BCUT2D eigenvalue weighted by molar-refractivity contribution is -0.215. The van der Waals surface area contributed by atoms with Crippen LogP contribution in [0.5, 0.6) is 11.5 Å². The first-order chi connectivity index (χ1) is 22.4. The second-order valence-corrected chi connectivity index (χ2v) is 12.1. The van der Waals surface area contributed by atoms with Crippen LogP contribution in [0, 0.1) is 0 Å². The molecular formula is C33H49NO12. The highest BCUT2D eigenvalue weighted by atomic mass is 16.6. The molecule has 0 radical (unpaired) electrons. The smallest absolute Gasteiger partial charge is 0.329 e. The van der Waals surface area contributed by atoms with Crippen LogP contribution in [0.2, 0.25) is 0 Å². The van der Waals surface area contributed by atoms with Crippen LogP contribution in [-0.2, 0) is 49.8 Å². The molecule has 46 heavy (non-hydrogen) atoms. The predicted octanol–water partition coefficient (Wildman–Crippen LogP) is 1.30. The van der Waals surface area contributed by atoms with E-state index in [0.29, 0.717) is 91.3 Å². The van der Waals surface area contributed by atoms with Crippen molar-refractivity contribution in [3.8, 4) is 11.5 Å². The number of likely N-dealkylation sites (tertiary alicyclic amines) is 1. The number of hydrogen-bond donors (Lipinski definition) is 3. The Kier molecular flexibility index (Phi) is 12.7. The lowest BCUT2D eigenvalue weighted by atomic mass is 9.48. The quantitative estimate of drug-likeness (QED) is 0.115. The fraction of sp³-hybridized carbons (Fsp3) is 0.727. The monoisotopic (exact) mass is 651 g/mol. The van der Waals surface area contributed by atoms with Crippen LogP contribution in [0.25, 0.3) is 0 Å². The summed E-state index contributed by atoms with van der Waals surface area (Å²) in [5.74, 6) is -0.362. The normalized spacial score (nSPS) is 27.7. The summed E-state index contributed by atoms with van der Waals surface area (Å²) in [5.41, 5.74) is 0.546. The molecule has 0 unspecified atom stereocenters. The average Bonchev–Trinajstić information content (AvgIpc) is 3.39. The van der Waals surface area contributed by atoms with Crippen LogP contribution < -0.4 is 4.74 Å². The third-order valence-corrected chi connectivity index (χ3v) is 9.53. The summed E-state index contributed by atoms with van der Waals surface area (Å²) in [6.45, 7) is 10.0. The Morgan fingerprint density at radius 3 is 2.09 bits per heavy atom. The summed E-state index contributed by atoms with van der Waals surface area (Å²) in [6.07, 6.45) is 4.04. The van der Waals surface area contributed by atoms with Crippen LogP contribution in [-0.4, -0.2) is 149 Å². The first-order valence-corrected chi connectivity index (χ1v) is 16.3.